The van der Waals surface area contributed by atoms with Gasteiger partial charge in [0.15, 0.2) is 6.29 Å². The van der Waals surface area contributed by atoms with Gasteiger partial charge in [-0.05, 0) is 26.8 Å². The third-order valence-corrected chi connectivity index (χ3v) is 4.81. The van der Waals surface area contributed by atoms with Gasteiger partial charge < -0.3 is 23.8 Å². The van der Waals surface area contributed by atoms with Crippen LogP contribution in [0.4, 0.5) is 4.79 Å². The van der Waals surface area contributed by atoms with Crippen LogP contribution in [-0.4, -0.2) is 59.2 Å². The van der Waals surface area contributed by atoms with Gasteiger partial charge in [-0.3, -0.25) is 0 Å². The van der Waals surface area contributed by atoms with Crippen LogP contribution in [0.5, 0.6) is 5.75 Å². The molecule has 2 aromatic rings. The SMILES string of the molecule is CC(C)(C)OC(=O)N1CC[C@@H](Oc2cnnc(-c3cccc(C4OCCO4)c3)c2)C1. The van der Waals surface area contributed by atoms with Crippen LogP contribution in [0.3, 0.4) is 0 Å². The normalized spacial score (nSPS) is 19.8. The Morgan fingerprint density at radius 2 is 2.00 bits per heavy atom. The summed E-state index contributed by atoms with van der Waals surface area (Å²) in [7, 11) is 0. The number of rotatable bonds is 4. The third-order valence-electron chi connectivity index (χ3n) is 4.81. The molecular formula is C22H27N3O5. The molecule has 0 N–H and O–H groups in total. The lowest BCUT2D eigenvalue weighted by molar-refractivity contribution is -0.0440. The summed E-state index contributed by atoms with van der Waals surface area (Å²) in [5.74, 6) is 0.620. The summed E-state index contributed by atoms with van der Waals surface area (Å²) in [6.45, 7) is 7.86. The maximum Gasteiger partial charge on any atom is 0.410 e. The predicted molar refractivity (Wildman–Crippen MR) is 109 cm³/mol. The molecule has 1 aromatic heterocycles. The monoisotopic (exact) mass is 413 g/mol. The number of hydrogen-bond acceptors (Lipinski definition) is 7. The lowest BCUT2D eigenvalue weighted by Gasteiger charge is -2.24. The molecule has 1 aromatic carbocycles. The maximum absolute atomic E-state index is 12.2. The van der Waals surface area contributed by atoms with Gasteiger partial charge in [-0.2, -0.15) is 10.2 Å². The topological polar surface area (TPSA) is 83.0 Å². The minimum atomic E-state index is -0.511. The number of aromatic nitrogens is 2. The van der Waals surface area contributed by atoms with Crippen molar-refractivity contribution in [1.29, 1.82) is 0 Å². The highest BCUT2D eigenvalue weighted by atomic mass is 16.7. The lowest BCUT2D eigenvalue weighted by Crippen LogP contribution is -2.36. The summed E-state index contributed by atoms with van der Waals surface area (Å²) in [4.78, 5) is 13.9. The van der Waals surface area contributed by atoms with Crippen molar-refractivity contribution in [2.45, 2.75) is 45.2 Å². The van der Waals surface area contributed by atoms with E-state index < -0.39 is 5.60 Å². The fraction of sp³-hybridized carbons (Fsp3) is 0.500. The zero-order chi connectivity index (χ0) is 21.1. The molecule has 1 amide bonds. The second kappa shape index (κ2) is 8.57. The molecule has 0 unspecified atom stereocenters. The highest BCUT2D eigenvalue weighted by molar-refractivity contribution is 5.68. The molecule has 0 bridgehead atoms. The average molecular weight is 413 g/mol. The Labute approximate surface area is 176 Å². The number of nitrogens with zero attached hydrogens (tertiary/aromatic N) is 3. The highest BCUT2D eigenvalue weighted by Gasteiger charge is 2.31. The third kappa shape index (κ3) is 5.06. The summed E-state index contributed by atoms with van der Waals surface area (Å²) >= 11 is 0. The highest BCUT2D eigenvalue weighted by Crippen LogP contribution is 2.28. The molecule has 2 saturated heterocycles. The molecule has 8 nitrogen and oxygen atoms in total. The van der Waals surface area contributed by atoms with Gasteiger partial charge in [0, 0.05) is 30.2 Å². The minimum Gasteiger partial charge on any atom is -0.487 e. The first-order chi connectivity index (χ1) is 14.4. The molecule has 4 rings (SSSR count). The zero-order valence-corrected chi connectivity index (χ0v) is 17.5. The average Bonchev–Trinajstić information content (AvgIpc) is 3.39. The summed E-state index contributed by atoms with van der Waals surface area (Å²) in [6, 6.07) is 9.73. The van der Waals surface area contributed by atoms with Gasteiger partial charge in [-0.25, -0.2) is 4.79 Å². The minimum absolute atomic E-state index is 0.110. The first kappa shape index (κ1) is 20.6. The Kier molecular flexibility index (Phi) is 5.87. The molecule has 2 aliphatic heterocycles. The van der Waals surface area contributed by atoms with Crippen molar-refractivity contribution in [2.24, 2.45) is 0 Å². The van der Waals surface area contributed by atoms with E-state index in [0.717, 1.165) is 17.5 Å². The summed E-state index contributed by atoms with van der Waals surface area (Å²) in [6.07, 6.45) is 1.57. The second-order valence-corrected chi connectivity index (χ2v) is 8.43. The van der Waals surface area contributed by atoms with E-state index in [2.05, 4.69) is 10.2 Å². The van der Waals surface area contributed by atoms with Gasteiger partial charge in [0.05, 0.1) is 31.6 Å². The van der Waals surface area contributed by atoms with Gasteiger partial charge in [-0.15, -0.1) is 0 Å². The standard InChI is InChI=1S/C22H27N3O5/c1-22(2,3)30-21(26)25-8-7-17(14-25)29-18-12-19(24-23-13-18)15-5-4-6-16(11-15)20-27-9-10-28-20/h4-6,11-13,17,20H,7-10,14H2,1-3H3/t17-/m1/s1. The van der Waals surface area contributed by atoms with Crippen LogP contribution in [0, 0.1) is 0 Å². The van der Waals surface area contributed by atoms with E-state index >= 15 is 0 Å². The molecule has 3 heterocycles. The van der Waals surface area contributed by atoms with Crippen molar-refractivity contribution >= 4 is 6.09 Å². The molecule has 2 fully saturated rings. The molecule has 0 saturated carbocycles. The van der Waals surface area contributed by atoms with Crippen molar-refractivity contribution in [3.8, 4) is 17.0 Å². The van der Waals surface area contributed by atoms with Crippen LogP contribution in [0.25, 0.3) is 11.3 Å². The Balaban J connectivity index is 1.41. The van der Waals surface area contributed by atoms with Crippen molar-refractivity contribution < 1.29 is 23.7 Å². The van der Waals surface area contributed by atoms with Gasteiger partial charge in [-0.1, -0.05) is 18.2 Å². The van der Waals surface area contributed by atoms with Crippen LogP contribution in [0.15, 0.2) is 36.5 Å². The molecule has 2 aliphatic rings. The smallest absolute Gasteiger partial charge is 0.410 e. The van der Waals surface area contributed by atoms with Crippen LogP contribution in [-0.2, 0) is 14.2 Å². The van der Waals surface area contributed by atoms with Crippen LogP contribution < -0.4 is 4.74 Å². The van der Waals surface area contributed by atoms with Crippen LogP contribution in [0.1, 0.15) is 39.0 Å². The zero-order valence-electron chi connectivity index (χ0n) is 17.5. The van der Waals surface area contributed by atoms with Gasteiger partial charge in [0.25, 0.3) is 0 Å². The van der Waals surface area contributed by atoms with E-state index in [1.165, 1.54) is 0 Å². The lowest BCUT2D eigenvalue weighted by atomic mass is 10.1. The van der Waals surface area contributed by atoms with Gasteiger partial charge in [0.2, 0.25) is 0 Å². The quantitative estimate of drug-likeness (QED) is 0.758. The largest absolute Gasteiger partial charge is 0.487 e. The number of carbonyl (C=O) groups excluding carboxylic acids is 1. The van der Waals surface area contributed by atoms with E-state index in [1.54, 1.807) is 11.1 Å². The Hall–Kier alpha value is -2.71. The Morgan fingerprint density at radius 3 is 2.77 bits per heavy atom. The number of amides is 1. The molecule has 160 valence electrons. The van der Waals surface area contributed by atoms with E-state index in [4.69, 9.17) is 18.9 Å². The number of benzene rings is 1. The van der Waals surface area contributed by atoms with Crippen LogP contribution in [0.2, 0.25) is 0 Å². The Morgan fingerprint density at radius 1 is 1.20 bits per heavy atom. The van der Waals surface area contributed by atoms with Crippen molar-refractivity contribution in [3.63, 3.8) is 0 Å². The molecule has 0 radical (unpaired) electrons. The van der Waals surface area contributed by atoms with Crippen LogP contribution >= 0.6 is 0 Å². The summed E-state index contributed by atoms with van der Waals surface area (Å²) < 4.78 is 22.7. The fourth-order valence-corrected chi connectivity index (χ4v) is 3.46. The summed E-state index contributed by atoms with van der Waals surface area (Å²) in [5.41, 5.74) is 2.05. The number of carbonyl (C=O) groups is 1. The van der Waals surface area contributed by atoms with Crippen molar-refractivity contribution in [2.75, 3.05) is 26.3 Å². The molecule has 0 spiro atoms. The Bertz CT molecular complexity index is 892. The molecule has 0 aliphatic carbocycles. The number of ether oxygens (including phenoxy) is 4. The maximum atomic E-state index is 12.2. The first-order valence-electron chi connectivity index (χ1n) is 10.2. The van der Waals surface area contributed by atoms with E-state index in [-0.39, 0.29) is 18.5 Å². The molecule has 8 heteroatoms. The molecule has 1 atom stereocenters. The number of hydrogen-bond donors (Lipinski definition) is 0. The van der Waals surface area contributed by atoms with Gasteiger partial charge in [0.1, 0.15) is 17.5 Å². The van der Waals surface area contributed by atoms with E-state index in [1.807, 2.05) is 51.1 Å². The first-order valence-corrected chi connectivity index (χ1v) is 10.2. The fourth-order valence-electron chi connectivity index (χ4n) is 3.46. The molecule has 30 heavy (non-hydrogen) atoms. The van der Waals surface area contributed by atoms with Crippen molar-refractivity contribution in [1.82, 2.24) is 15.1 Å². The van der Waals surface area contributed by atoms with Crippen molar-refractivity contribution in [3.05, 3.63) is 42.1 Å². The van der Waals surface area contributed by atoms with E-state index in [0.29, 0.717) is 37.7 Å². The molecular weight excluding hydrogens is 386 g/mol. The summed E-state index contributed by atoms with van der Waals surface area (Å²) in [5, 5.41) is 8.33. The number of likely N-dealkylation sites (tertiary alicyclic amines) is 1. The predicted octanol–water partition coefficient (Wildman–Crippen LogP) is 3.58. The van der Waals surface area contributed by atoms with E-state index in [9.17, 15) is 4.79 Å². The van der Waals surface area contributed by atoms with Gasteiger partial charge >= 0.3 is 6.09 Å². The second-order valence-electron chi connectivity index (χ2n) is 8.43.